The van der Waals surface area contributed by atoms with E-state index in [1.807, 2.05) is 0 Å². The lowest BCUT2D eigenvalue weighted by atomic mass is 10.2. The molecule has 0 radical (unpaired) electrons. The summed E-state index contributed by atoms with van der Waals surface area (Å²) >= 11 is 0. The van der Waals surface area contributed by atoms with E-state index < -0.39 is 0 Å². The minimum Gasteiger partial charge on any atom is -0.459 e. The molecule has 4 nitrogen and oxygen atoms in total. The van der Waals surface area contributed by atoms with Gasteiger partial charge in [-0.15, -0.1) is 0 Å². The second-order valence-corrected chi connectivity index (χ2v) is 3.32. The summed E-state index contributed by atoms with van der Waals surface area (Å²) in [5.74, 6) is 0.175. The zero-order valence-corrected chi connectivity index (χ0v) is 7.86. The Labute approximate surface area is 82.2 Å². The van der Waals surface area contributed by atoms with Gasteiger partial charge in [-0.3, -0.25) is 4.79 Å². The highest BCUT2D eigenvalue weighted by molar-refractivity contribution is 5.91. The molecule has 1 aromatic rings. The first-order valence-electron chi connectivity index (χ1n) is 4.79. The third-order valence-corrected chi connectivity index (χ3v) is 2.26. The summed E-state index contributed by atoms with van der Waals surface area (Å²) in [6, 6.07) is 3.34. The van der Waals surface area contributed by atoms with Gasteiger partial charge in [-0.05, 0) is 25.0 Å². The molecule has 0 unspecified atom stereocenters. The van der Waals surface area contributed by atoms with Crippen molar-refractivity contribution in [1.82, 2.24) is 5.32 Å². The first-order valence-corrected chi connectivity index (χ1v) is 4.79. The molecule has 76 valence electrons. The van der Waals surface area contributed by atoms with Gasteiger partial charge in [0.15, 0.2) is 5.76 Å². The first-order chi connectivity index (χ1) is 6.86. The maximum absolute atomic E-state index is 11.4. The number of rotatable bonds is 3. The van der Waals surface area contributed by atoms with E-state index in [4.69, 9.17) is 9.15 Å². The summed E-state index contributed by atoms with van der Waals surface area (Å²) in [5.41, 5.74) is 0. The van der Waals surface area contributed by atoms with Crippen LogP contribution in [0.2, 0.25) is 0 Å². The highest BCUT2D eigenvalue weighted by Gasteiger charge is 2.17. The van der Waals surface area contributed by atoms with E-state index in [1.54, 1.807) is 12.1 Å². The zero-order valence-electron chi connectivity index (χ0n) is 7.86. The molecule has 0 bridgehead atoms. The van der Waals surface area contributed by atoms with E-state index in [9.17, 15) is 4.79 Å². The number of hydrogen-bond donors (Lipinski definition) is 1. The van der Waals surface area contributed by atoms with E-state index in [2.05, 4.69) is 5.32 Å². The Kier molecular flexibility index (Phi) is 2.84. The van der Waals surface area contributed by atoms with Crippen molar-refractivity contribution in [2.45, 2.75) is 18.9 Å². The Morgan fingerprint density at radius 1 is 1.64 bits per heavy atom. The van der Waals surface area contributed by atoms with Gasteiger partial charge in [0.25, 0.3) is 5.91 Å². The summed E-state index contributed by atoms with van der Waals surface area (Å²) in [4.78, 5) is 11.4. The Bertz CT molecular complexity index is 288. The SMILES string of the molecule is O=C(NC[C@H]1CCCO1)c1ccco1. The van der Waals surface area contributed by atoms with Gasteiger partial charge >= 0.3 is 0 Å². The Morgan fingerprint density at radius 2 is 2.57 bits per heavy atom. The van der Waals surface area contributed by atoms with Crippen LogP contribution in [0.25, 0.3) is 0 Å². The molecule has 1 aromatic heterocycles. The number of carbonyl (C=O) groups is 1. The molecule has 4 heteroatoms. The van der Waals surface area contributed by atoms with Crippen molar-refractivity contribution in [2.75, 3.05) is 13.2 Å². The topological polar surface area (TPSA) is 51.5 Å². The summed E-state index contributed by atoms with van der Waals surface area (Å²) in [6.45, 7) is 1.38. The number of carbonyl (C=O) groups excluding carboxylic acids is 1. The van der Waals surface area contributed by atoms with Crippen LogP contribution in [0.5, 0.6) is 0 Å². The predicted octanol–water partition coefficient (Wildman–Crippen LogP) is 1.19. The van der Waals surface area contributed by atoms with Crippen molar-refractivity contribution >= 4 is 5.91 Å². The molecule has 1 amide bonds. The van der Waals surface area contributed by atoms with Crippen molar-refractivity contribution in [1.29, 1.82) is 0 Å². The van der Waals surface area contributed by atoms with Crippen LogP contribution >= 0.6 is 0 Å². The Hall–Kier alpha value is -1.29. The van der Waals surface area contributed by atoms with Crippen LogP contribution in [-0.4, -0.2) is 25.2 Å². The van der Waals surface area contributed by atoms with Crippen LogP contribution in [-0.2, 0) is 4.74 Å². The average molecular weight is 195 g/mol. The summed E-state index contributed by atoms with van der Waals surface area (Å²) in [6.07, 6.45) is 3.77. The van der Waals surface area contributed by atoms with Crippen molar-refractivity contribution in [2.24, 2.45) is 0 Å². The lowest BCUT2D eigenvalue weighted by Crippen LogP contribution is -2.31. The van der Waals surface area contributed by atoms with E-state index >= 15 is 0 Å². The lowest BCUT2D eigenvalue weighted by molar-refractivity contribution is 0.0835. The second-order valence-electron chi connectivity index (χ2n) is 3.32. The van der Waals surface area contributed by atoms with Crippen LogP contribution in [0, 0.1) is 0 Å². The molecule has 1 atom stereocenters. The highest BCUT2D eigenvalue weighted by atomic mass is 16.5. The van der Waals surface area contributed by atoms with Crippen molar-refractivity contribution < 1.29 is 13.9 Å². The van der Waals surface area contributed by atoms with Gasteiger partial charge in [0.05, 0.1) is 12.4 Å². The normalized spacial score (nSPS) is 21.0. The van der Waals surface area contributed by atoms with Crippen molar-refractivity contribution in [3.63, 3.8) is 0 Å². The molecular weight excluding hydrogens is 182 g/mol. The molecule has 14 heavy (non-hydrogen) atoms. The number of furan rings is 1. The van der Waals surface area contributed by atoms with Gasteiger partial charge in [0, 0.05) is 13.2 Å². The predicted molar refractivity (Wildman–Crippen MR) is 50.0 cm³/mol. The third-order valence-electron chi connectivity index (χ3n) is 2.26. The van der Waals surface area contributed by atoms with Crippen molar-refractivity contribution in [3.8, 4) is 0 Å². The molecule has 1 aliphatic heterocycles. The fourth-order valence-electron chi connectivity index (χ4n) is 1.51. The first kappa shape index (κ1) is 9.27. The average Bonchev–Trinajstić information content (AvgIpc) is 2.87. The molecule has 1 N–H and O–H groups in total. The van der Waals surface area contributed by atoms with Crippen LogP contribution in [0.4, 0.5) is 0 Å². The molecule has 1 fully saturated rings. The number of nitrogens with one attached hydrogen (secondary N) is 1. The maximum Gasteiger partial charge on any atom is 0.287 e. The summed E-state index contributed by atoms with van der Waals surface area (Å²) < 4.78 is 10.3. The molecule has 0 aliphatic carbocycles. The lowest BCUT2D eigenvalue weighted by Gasteiger charge is -2.09. The van der Waals surface area contributed by atoms with Crippen LogP contribution < -0.4 is 5.32 Å². The minimum atomic E-state index is -0.175. The maximum atomic E-state index is 11.4. The van der Waals surface area contributed by atoms with E-state index in [0.29, 0.717) is 12.3 Å². The van der Waals surface area contributed by atoms with Gasteiger partial charge in [0.2, 0.25) is 0 Å². The Morgan fingerprint density at radius 3 is 3.21 bits per heavy atom. The fourth-order valence-corrected chi connectivity index (χ4v) is 1.51. The molecule has 2 heterocycles. The summed E-state index contributed by atoms with van der Waals surface area (Å²) in [7, 11) is 0. The fraction of sp³-hybridized carbons (Fsp3) is 0.500. The number of ether oxygens (including phenoxy) is 1. The monoisotopic (exact) mass is 195 g/mol. The van der Waals surface area contributed by atoms with Crippen LogP contribution in [0.3, 0.4) is 0 Å². The van der Waals surface area contributed by atoms with Gasteiger partial charge in [-0.1, -0.05) is 0 Å². The van der Waals surface area contributed by atoms with E-state index in [0.717, 1.165) is 19.4 Å². The molecule has 1 aliphatic rings. The smallest absolute Gasteiger partial charge is 0.287 e. The van der Waals surface area contributed by atoms with Crippen molar-refractivity contribution in [3.05, 3.63) is 24.2 Å². The second kappa shape index (κ2) is 4.28. The largest absolute Gasteiger partial charge is 0.459 e. The van der Waals surface area contributed by atoms with Crippen LogP contribution in [0.15, 0.2) is 22.8 Å². The molecule has 2 rings (SSSR count). The molecule has 0 spiro atoms. The standard InChI is InChI=1S/C10H13NO3/c12-10(9-4-2-6-14-9)11-7-8-3-1-5-13-8/h2,4,6,8H,1,3,5,7H2,(H,11,12)/t8-/m1/s1. The van der Waals surface area contributed by atoms with Gasteiger partial charge in [0.1, 0.15) is 0 Å². The third kappa shape index (κ3) is 2.14. The minimum absolute atomic E-state index is 0.175. The zero-order chi connectivity index (χ0) is 9.80. The van der Waals surface area contributed by atoms with Gasteiger partial charge in [-0.2, -0.15) is 0 Å². The number of hydrogen-bond acceptors (Lipinski definition) is 3. The Balaban J connectivity index is 1.78. The quantitative estimate of drug-likeness (QED) is 0.788. The van der Waals surface area contributed by atoms with Gasteiger partial charge < -0.3 is 14.5 Å². The highest BCUT2D eigenvalue weighted by Crippen LogP contribution is 2.10. The molecule has 0 saturated carbocycles. The summed E-state index contributed by atoms with van der Waals surface area (Å²) in [5, 5.41) is 2.77. The van der Waals surface area contributed by atoms with E-state index in [-0.39, 0.29) is 12.0 Å². The van der Waals surface area contributed by atoms with E-state index in [1.165, 1.54) is 6.26 Å². The molecule has 1 saturated heterocycles. The van der Waals surface area contributed by atoms with Crippen LogP contribution in [0.1, 0.15) is 23.4 Å². The van der Waals surface area contributed by atoms with Gasteiger partial charge in [-0.25, -0.2) is 0 Å². The molecular formula is C10H13NO3. The number of amides is 1. The molecule has 0 aromatic carbocycles.